The van der Waals surface area contributed by atoms with Crippen molar-refractivity contribution < 1.29 is 9.53 Å². The van der Waals surface area contributed by atoms with Gasteiger partial charge >= 0.3 is 5.97 Å². The second-order valence-electron chi connectivity index (χ2n) is 6.40. The van der Waals surface area contributed by atoms with Crippen LogP contribution in [0.3, 0.4) is 0 Å². The Morgan fingerprint density at radius 1 is 1.29 bits per heavy atom. The quantitative estimate of drug-likeness (QED) is 0.552. The summed E-state index contributed by atoms with van der Waals surface area (Å²) in [6, 6.07) is 0. The summed E-state index contributed by atoms with van der Waals surface area (Å²) in [5, 5.41) is 0. The summed E-state index contributed by atoms with van der Waals surface area (Å²) in [5.41, 5.74) is 5.74. The normalized spacial score (nSPS) is 13.8. The lowest BCUT2D eigenvalue weighted by atomic mass is 9.85. The van der Waals surface area contributed by atoms with Crippen molar-refractivity contribution in [3.8, 4) is 0 Å². The van der Waals surface area contributed by atoms with Gasteiger partial charge in [-0.2, -0.15) is 0 Å². The summed E-state index contributed by atoms with van der Waals surface area (Å²) < 4.78 is 5.27. The van der Waals surface area contributed by atoms with Crippen molar-refractivity contribution in [1.82, 2.24) is 0 Å². The highest BCUT2D eigenvalue weighted by atomic mass is 16.5. The summed E-state index contributed by atoms with van der Waals surface area (Å²) in [7, 11) is 0. The first-order chi connectivity index (χ1) is 7.76. The summed E-state index contributed by atoms with van der Waals surface area (Å²) in [6.07, 6.45) is 2.82. The number of rotatable bonds is 7. The third kappa shape index (κ3) is 9.16. The molecule has 17 heavy (non-hydrogen) atoms. The van der Waals surface area contributed by atoms with Crippen LogP contribution in [0.15, 0.2) is 0 Å². The van der Waals surface area contributed by atoms with Gasteiger partial charge in [-0.15, -0.1) is 0 Å². The lowest BCUT2D eigenvalue weighted by molar-refractivity contribution is -0.149. The van der Waals surface area contributed by atoms with Gasteiger partial charge in [0.05, 0.1) is 12.5 Å². The van der Waals surface area contributed by atoms with Crippen LogP contribution in [0.4, 0.5) is 0 Å². The highest BCUT2D eigenvalue weighted by molar-refractivity contribution is 5.72. The maximum atomic E-state index is 11.8. The Balaban J connectivity index is 3.93. The first kappa shape index (κ1) is 16.4. The van der Waals surface area contributed by atoms with Gasteiger partial charge < -0.3 is 10.5 Å². The van der Waals surface area contributed by atoms with Crippen LogP contribution in [-0.2, 0) is 9.53 Å². The number of carbonyl (C=O) groups excluding carboxylic acids is 1. The molecule has 0 saturated carbocycles. The van der Waals surface area contributed by atoms with E-state index in [0.29, 0.717) is 19.1 Å². The maximum absolute atomic E-state index is 11.8. The number of hydrogen-bond donors (Lipinski definition) is 1. The summed E-state index contributed by atoms with van der Waals surface area (Å²) >= 11 is 0. The number of esters is 1. The summed E-state index contributed by atoms with van der Waals surface area (Å²) in [4.78, 5) is 11.8. The monoisotopic (exact) mass is 243 g/mol. The largest absolute Gasteiger partial charge is 0.465 e. The van der Waals surface area contributed by atoms with Gasteiger partial charge in [0.1, 0.15) is 0 Å². The van der Waals surface area contributed by atoms with Crippen LogP contribution in [0.5, 0.6) is 0 Å². The molecule has 0 saturated heterocycles. The van der Waals surface area contributed by atoms with E-state index in [2.05, 4.69) is 34.6 Å². The highest BCUT2D eigenvalue weighted by Crippen LogP contribution is 2.24. The van der Waals surface area contributed by atoms with Gasteiger partial charge in [0.2, 0.25) is 0 Å². The van der Waals surface area contributed by atoms with Gasteiger partial charge in [-0.1, -0.05) is 34.6 Å². The highest BCUT2D eigenvalue weighted by Gasteiger charge is 2.24. The van der Waals surface area contributed by atoms with Crippen molar-refractivity contribution in [2.24, 2.45) is 23.0 Å². The fraction of sp³-hybridized carbons (Fsp3) is 0.929. The molecule has 1 unspecified atom stereocenters. The van der Waals surface area contributed by atoms with Gasteiger partial charge in [-0.3, -0.25) is 4.79 Å². The van der Waals surface area contributed by atoms with Crippen molar-refractivity contribution in [1.29, 1.82) is 0 Å². The molecule has 3 heteroatoms. The molecule has 0 aromatic heterocycles. The zero-order chi connectivity index (χ0) is 13.5. The van der Waals surface area contributed by atoms with Gasteiger partial charge in [-0.05, 0) is 30.6 Å². The SMILES string of the molecule is CC(C)CCCOC(=O)C(CN)CC(C)(C)C. The molecule has 0 radical (unpaired) electrons. The molecule has 102 valence electrons. The molecule has 0 bridgehead atoms. The Bertz CT molecular complexity index is 219. The second-order valence-corrected chi connectivity index (χ2v) is 6.40. The number of nitrogens with two attached hydrogens (primary N) is 1. The molecule has 3 nitrogen and oxygen atoms in total. The van der Waals surface area contributed by atoms with Crippen LogP contribution < -0.4 is 5.73 Å². The van der Waals surface area contributed by atoms with E-state index in [0.717, 1.165) is 19.3 Å². The van der Waals surface area contributed by atoms with Gasteiger partial charge in [0, 0.05) is 6.54 Å². The molecule has 0 amide bonds. The zero-order valence-corrected chi connectivity index (χ0v) is 12.1. The Morgan fingerprint density at radius 3 is 2.29 bits per heavy atom. The summed E-state index contributed by atoms with van der Waals surface area (Å²) in [5.74, 6) is 0.369. The average Bonchev–Trinajstić information content (AvgIpc) is 2.19. The standard InChI is InChI=1S/C14H29NO2/c1-11(2)7-6-8-17-13(16)12(10-15)9-14(3,4)5/h11-12H,6-10,15H2,1-5H3. The molecule has 0 fully saturated rings. The van der Waals surface area contributed by atoms with E-state index in [9.17, 15) is 4.79 Å². The number of carbonyl (C=O) groups is 1. The summed E-state index contributed by atoms with van der Waals surface area (Å²) in [6.45, 7) is 11.6. The van der Waals surface area contributed by atoms with Crippen LogP contribution in [-0.4, -0.2) is 19.1 Å². The fourth-order valence-corrected chi connectivity index (χ4v) is 1.78. The molecule has 0 heterocycles. The van der Waals surface area contributed by atoms with Crippen molar-refractivity contribution in [3.63, 3.8) is 0 Å². The molecule has 1 atom stereocenters. The van der Waals surface area contributed by atoms with E-state index in [-0.39, 0.29) is 17.3 Å². The fourth-order valence-electron chi connectivity index (χ4n) is 1.78. The molecule has 0 rings (SSSR count). The Labute approximate surface area is 106 Å². The average molecular weight is 243 g/mol. The molecular weight excluding hydrogens is 214 g/mol. The van der Waals surface area contributed by atoms with Gasteiger partial charge in [-0.25, -0.2) is 0 Å². The third-order valence-corrected chi connectivity index (χ3v) is 2.65. The van der Waals surface area contributed by atoms with Crippen LogP contribution in [0.1, 0.15) is 53.9 Å². The lowest BCUT2D eigenvalue weighted by Crippen LogP contribution is -2.29. The molecule has 0 aliphatic carbocycles. The topological polar surface area (TPSA) is 52.3 Å². The lowest BCUT2D eigenvalue weighted by Gasteiger charge is -2.23. The van der Waals surface area contributed by atoms with Crippen molar-refractivity contribution >= 4 is 5.97 Å². The Morgan fingerprint density at radius 2 is 1.88 bits per heavy atom. The molecule has 2 N–H and O–H groups in total. The second kappa shape index (κ2) is 7.70. The first-order valence-corrected chi connectivity index (χ1v) is 6.63. The molecule has 0 spiro atoms. The van der Waals surface area contributed by atoms with Gasteiger partial charge in [0.15, 0.2) is 0 Å². The molecule has 0 aliphatic heterocycles. The van der Waals surface area contributed by atoms with Crippen molar-refractivity contribution in [3.05, 3.63) is 0 Å². The van der Waals surface area contributed by atoms with Crippen LogP contribution in [0.25, 0.3) is 0 Å². The van der Waals surface area contributed by atoms with E-state index in [1.165, 1.54) is 0 Å². The molecular formula is C14H29NO2. The minimum Gasteiger partial charge on any atom is -0.465 e. The van der Waals surface area contributed by atoms with Crippen LogP contribution in [0, 0.1) is 17.3 Å². The molecule has 0 aromatic carbocycles. The minimum atomic E-state index is -0.158. The van der Waals surface area contributed by atoms with Crippen molar-refractivity contribution in [2.45, 2.75) is 53.9 Å². The van der Waals surface area contributed by atoms with E-state index >= 15 is 0 Å². The van der Waals surface area contributed by atoms with Crippen LogP contribution >= 0.6 is 0 Å². The predicted molar refractivity (Wildman–Crippen MR) is 71.6 cm³/mol. The van der Waals surface area contributed by atoms with E-state index < -0.39 is 0 Å². The predicted octanol–water partition coefficient (Wildman–Crippen LogP) is 2.98. The minimum absolute atomic E-state index is 0.112. The smallest absolute Gasteiger partial charge is 0.310 e. The van der Waals surface area contributed by atoms with Crippen LogP contribution in [0.2, 0.25) is 0 Å². The molecule has 0 aliphatic rings. The Hall–Kier alpha value is -0.570. The maximum Gasteiger partial charge on any atom is 0.310 e. The zero-order valence-electron chi connectivity index (χ0n) is 12.1. The first-order valence-electron chi connectivity index (χ1n) is 6.63. The van der Waals surface area contributed by atoms with E-state index in [4.69, 9.17) is 10.5 Å². The van der Waals surface area contributed by atoms with E-state index in [1.807, 2.05) is 0 Å². The Kier molecular flexibility index (Phi) is 7.44. The van der Waals surface area contributed by atoms with Crippen molar-refractivity contribution in [2.75, 3.05) is 13.2 Å². The number of ether oxygens (including phenoxy) is 1. The number of hydrogen-bond acceptors (Lipinski definition) is 3. The third-order valence-electron chi connectivity index (χ3n) is 2.65. The van der Waals surface area contributed by atoms with E-state index in [1.54, 1.807) is 0 Å². The van der Waals surface area contributed by atoms with Gasteiger partial charge in [0.25, 0.3) is 0 Å². The molecule has 0 aromatic rings.